The van der Waals surface area contributed by atoms with Crippen LogP contribution in [0.25, 0.3) is 0 Å². The van der Waals surface area contributed by atoms with E-state index in [4.69, 9.17) is 9.47 Å². The zero-order valence-corrected chi connectivity index (χ0v) is 10.9. The molecule has 3 N–H and O–H groups in total. The Kier molecular flexibility index (Phi) is 3.88. The number of carbonyl (C=O) groups excluding carboxylic acids is 1. The highest BCUT2D eigenvalue weighted by molar-refractivity contribution is 7.87. The predicted molar refractivity (Wildman–Crippen MR) is 67.2 cm³/mol. The Balaban J connectivity index is 1.92. The predicted octanol–water partition coefficient (Wildman–Crippen LogP) is -0.592. The van der Waals surface area contributed by atoms with Crippen molar-refractivity contribution in [3.05, 3.63) is 18.2 Å². The zero-order valence-electron chi connectivity index (χ0n) is 10.1. The summed E-state index contributed by atoms with van der Waals surface area (Å²) in [6, 6.07) is 4.90. The topological polar surface area (TPSA) is 106 Å². The minimum absolute atomic E-state index is 0.148. The number of hydrogen-bond acceptors (Lipinski definition) is 5. The number of ether oxygens (including phenoxy) is 2. The lowest BCUT2D eigenvalue weighted by atomic mass is 10.3. The Labute approximate surface area is 110 Å². The van der Waals surface area contributed by atoms with Gasteiger partial charge in [0.1, 0.15) is 0 Å². The first-order valence-corrected chi connectivity index (χ1v) is 6.86. The second kappa shape index (κ2) is 5.43. The molecular formula is C10H13N3O5S. The quantitative estimate of drug-likeness (QED) is 0.671. The van der Waals surface area contributed by atoms with Crippen molar-refractivity contribution in [2.75, 3.05) is 25.7 Å². The number of hydrogen-bond donors (Lipinski definition) is 3. The standard InChI is InChI=1S/C10H13N3O5S/c1-11-19(15,16)12-5-10(14)13-7-2-3-8-9(4-7)18-6-17-8/h2-4,11-12H,5-6H2,1H3,(H,13,14). The molecule has 104 valence electrons. The van der Waals surface area contributed by atoms with Gasteiger partial charge in [0.15, 0.2) is 11.5 Å². The number of carbonyl (C=O) groups is 1. The molecule has 0 atom stereocenters. The molecule has 1 aliphatic heterocycles. The largest absolute Gasteiger partial charge is 0.454 e. The van der Waals surface area contributed by atoms with Gasteiger partial charge in [-0.15, -0.1) is 0 Å². The van der Waals surface area contributed by atoms with Crippen LogP contribution in [-0.4, -0.2) is 34.7 Å². The molecule has 1 heterocycles. The lowest BCUT2D eigenvalue weighted by molar-refractivity contribution is -0.115. The van der Waals surface area contributed by atoms with Crippen molar-refractivity contribution < 1.29 is 22.7 Å². The third-order valence-electron chi connectivity index (χ3n) is 2.35. The minimum atomic E-state index is -3.62. The van der Waals surface area contributed by atoms with E-state index in [1.807, 2.05) is 4.72 Å². The molecule has 0 bridgehead atoms. The summed E-state index contributed by atoms with van der Waals surface area (Å²) < 4.78 is 36.5. The Bertz CT molecular complexity index is 587. The molecule has 2 rings (SSSR count). The van der Waals surface area contributed by atoms with E-state index in [-0.39, 0.29) is 13.3 Å². The third kappa shape index (κ3) is 3.56. The second-order valence-electron chi connectivity index (χ2n) is 3.64. The van der Waals surface area contributed by atoms with Gasteiger partial charge in [-0.05, 0) is 12.1 Å². The zero-order chi connectivity index (χ0) is 13.9. The van der Waals surface area contributed by atoms with Gasteiger partial charge in [0.05, 0.1) is 6.54 Å². The van der Waals surface area contributed by atoms with Crippen LogP contribution in [0.1, 0.15) is 0 Å². The van der Waals surface area contributed by atoms with Gasteiger partial charge in [0.25, 0.3) is 10.2 Å². The minimum Gasteiger partial charge on any atom is -0.454 e. The van der Waals surface area contributed by atoms with Crippen LogP contribution in [0.5, 0.6) is 11.5 Å². The number of fused-ring (bicyclic) bond motifs is 1. The van der Waals surface area contributed by atoms with Crippen LogP contribution in [0.2, 0.25) is 0 Å². The number of nitrogens with one attached hydrogen (secondary N) is 3. The molecule has 0 fully saturated rings. The monoisotopic (exact) mass is 287 g/mol. The molecular weight excluding hydrogens is 274 g/mol. The highest BCUT2D eigenvalue weighted by atomic mass is 32.2. The number of rotatable bonds is 5. The van der Waals surface area contributed by atoms with Crippen molar-refractivity contribution in [1.82, 2.24) is 9.44 Å². The van der Waals surface area contributed by atoms with Gasteiger partial charge in [-0.1, -0.05) is 0 Å². The summed E-state index contributed by atoms with van der Waals surface area (Å²) in [5.74, 6) is 0.653. The molecule has 9 heteroatoms. The van der Waals surface area contributed by atoms with Gasteiger partial charge in [-0.2, -0.15) is 13.1 Å². The number of anilines is 1. The van der Waals surface area contributed by atoms with Gasteiger partial charge in [0.2, 0.25) is 12.7 Å². The van der Waals surface area contributed by atoms with Gasteiger partial charge in [-0.25, -0.2) is 4.72 Å². The lowest BCUT2D eigenvalue weighted by Crippen LogP contribution is -2.39. The van der Waals surface area contributed by atoms with Crippen LogP contribution in [0.4, 0.5) is 5.69 Å². The molecule has 0 saturated carbocycles. The fourth-order valence-corrected chi connectivity index (χ4v) is 1.88. The highest BCUT2D eigenvalue weighted by Crippen LogP contribution is 2.34. The summed E-state index contributed by atoms with van der Waals surface area (Å²) >= 11 is 0. The van der Waals surface area contributed by atoms with Crippen LogP contribution < -0.4 is 24.2 Å². The highest BCUT2D eigenvalue weighted by Gasteiger charge is 2.14. The summed E-state index contributed by atoms with van der Waals surface area (Å²) in [6.07, 6.45) is 0. The molecule has 8 nitrogen and oxygen atoms in total. The van der Waals surface area contributed by atoms with Crippen molar-refractivity contribution in [1.29, 1.82) is 0 Å². The molecule has 0 radical (unpaired) electrons. The van der Waals surface area contributed by atoms with E-state index in [9.17, 15) is 13.2 Å². The summed E-state index contributed by atoms with van der Waals surface area (Å²) in [5, 5.41) is 2.54. The molecule has 0 unspecified atom stereocenters. The summed E-state index contributed by atoms with van der Waals surface area (Å²) in [4.78, 5) is 11.5. The summed E-state index contributed by atoms with van der Waals surface area (Å²) in [6.45, 7) is -0.216. The first kappa shape index (κ1) is 13.6. The van der Waals surface area contributed by atoms with E-state index in [1.54, 1.807) is 18.2 Å². The van der Waals surface area contributed by atoms with Crippen LogP contribution >= 0.6 is 0 Å². The van der Waals surface area contributed by atoms with Gasteiger partial charge in [0, 0.05) is 18.8 Å². The SMILES string of the molecule is CNS(=O)(=O)NCC(=O)Nc1ccc2c(c1)OCO2. The van der Waals surface area contributed by atoms with Crippen molar-refractivity contribution in [2.24, 2.45) is 0 Å². The fourth-order valence-electron chi connectivity index (χ4n) is 1.41. The van der Waals surface area contributed by atoms with Gasteiger partial charge in [-0.3, -0.25) is 4.79 Å². The molecule has 1 aromatic rings. The number of benzene rings is 1. The Morgan fingerprint density at radius 3 is 2.79 bits per heavy atom. The van der Waals surface area contributed by atoms with Crippen LogP contribution in [0.3, 0.4) is 0 Å². The van der Waals surface area contributed by atoms with Crippen molar-refractivity contribution >= 4 is 21.8 Å². The Morgan fingerprint density at radius 2 is 2.05 bits per heavy atom. The van der Waals surface area contributed by atoms with Crippen LogP contribution in [0.15, 0.2) is 18.2 Å². The molecule has 19 heavy (non-hydrogen) atoms. The summed E-state index contributed by atoms with van der Waals surface area (Å²) in [7, 11) is -2.37. The molecule has 0 aromatic heterocycles. The van der Waals surface area contributed by atoms with E-state index in [0.717, 1.165) is 0 Å². The first-order chi connectivity index (χ1) is 9.00. The number of amides is 1. The molecule has 1 aliphatic rings. The third-order valence-corrected chi connectivity index (χ3v) is 3.41. The van der Waals surface area contributed by atoms with E-state index in [2.05, 4.69) is 10.0 Å². The molecule has 1 amide bonds. The first-order valence-electron chi connectivity index (χ1n) is 5.38. The summed E-state index contributed by atoms with van der Waals surface area (Å²) in [5.41, 5.74) is 0.498. The fraction of sp³-hybridized carbons (Fsp3) is 0.300. The average Bonchev–Trinajstić information content (AvgIpc) is 2.84. The van der Waals surface area contributed by atoms with E-state index >= 15 is 0 Å². The normalized spacial score (nSPS) is 13.3. The Morgan fingerprint density at radius 1 is 1.32 bits per heavy atom. The molecule has 0 saturated heterocycles. The maximum atomic E-state index is 11.5. The average molecular weight is 287 g/mol. The maximum Gasteiger partial charge on any atom is 0.277 e. The Hall–Kier alpha value is -1.84. The van der Waals surface area contributed by atoms with Crippen molar-refractivity contribution in [3.63, 3.8) is 0 Å². The van der Waals surface area contributed by atoms with E-state index in [0.29, 0.717) is 17.2 Å². The van der Waals surface area contributed by atoms with E-state index in [1.165, 1.54) is 7.05 Å². The smallest absolute Gasteiger partial charge is 0.277 e. The van der Waals surface area contributed by atoms with Crippen LogP contribution in [-0.2, 0) is 15.0 Å². The van der Waals surface area contributed by atoms with E-state index < -0.39 is 16.1 Å². The second-order valence-corrected chi connectivity index (χ2v) is 5.35. The molecule has 0 spiro atoms. The lowest BCUT2D eigenvalue weighted by Gasteiger charge is -2.07. The van der Waals surface area contributed by atoms with Crippen molar-refractivity contribution in [3.8, 4) is 11.5 Å². The van der Waals surface area contributed by atoms with Gasteiger partial charge < -0.3 is 14.8 Å². The maximum absolute atomic E-state index is 11.5. The molecule has 0 aliphatic carbocycles. The van der Waals surface area contributed by atoms with Crippen LogP contribution in [0, 0.1) is 0 Å². The van der Waals surface area contributed by atoms with Gasteiger partial charge >= 0.3 is 0 Å². The van der Waals surface area contributed by atoms with Crippen molar-refractivity contribution in [2.45, 2.75) is 0 Å². The molecule has 1 aromatic carbocycles.